The fourth-order valence-electron chi connectivity index (χ4n) is 3.38. The highest BCUT2D eigenvalue weighted by atomic mass is 16.6. The molecule has 0 atom stereocenters. The van der Waals surface area contributed by atoms with Gasteiger partial charge in [0.1, 0.15) is 5.75 Å². The van der Waals surface area contributed by atoms with Crippen molar-refractivity contribution < 1.29 is 19.2 Å². The molecule has 3 rings (SSSR count). The summed E-state index contributed by atoms with van der Waals surface area (Å²) in [5, 5.41) is 16.6. The molecule has 1 aliphatic rings. The molecule has 1 saturated heterocycles. The standard InChI is InChI=1S/C21H24N4O5/c1-14-7-8-16(25(28)29)13-18(14)23-21(27)24-11-9-15(10-12-24)20(26)22-17-5-3-4-6-19(17)30-2/h3-8,13,15H,9-12H2,1-2H3,(H,22,26)(H,23,27). The Morgan fingerprint density at radius 2 is 1.80 bits per heavy atom. The number of benzene rings is 2. The average Bonchev–Trinajstić information content (AvgIpc) is 2.75. The van der Waals surface area contributed by atoms with Crippen LogP contribution in [0.15, 0.2) is 42.5 Å². The first-order valence-corrected chi connectivity index (χ1v) is 9.64. The number of nitrogens with one attached hydrogen (secondary N) is 2. The van der Waals surface area contributed by atoms with Gasteiger partial charge in [-0.2, -0.15) is 0 Å². The molecule has 1 fully saturated rings. The van der Waals surface area contributed by atoms with Crippen molar-refractivity contribution in [3.05, 3.63) is 58.1 Å². The first-order valence-electron chi connectivity index (χ1n) is 9.64. The number of methoxy groups -OCH3 is 1. The minimum Gasteiger partial charge on any atom is -0.495 e. The van der Waals surface area contributed by atoms with Crippen molar-refractivity contribution in [2.75, 3.05) is 30.8 Å². The van der Waals surface area contributed by atoms with E-state index >= 15 is 0 Å². The van der Waals surface area contributed by atoms with E-state index in [-0.39, 0.29) is 23.5 Å². The van der Waals surface area contributed by atoms with Gasteiger partial charge >= 0.3 is 6.03 Å². The number of hydrogen-bond donors (Lipinski definition) is 2. The lowest BCUT2D eigenvalue weighted by Gasteiger charge is -2.31. The summed E-state index contributed by atoms with van der Waals surface area (Å²) in [6.07, 6.45) is 1.06. The van der Waals surface area contributed by atoms with E-state index < -0.39 is 4.92 Å². The highest BCUT2D eigenvalue weighted by molar-refractivity contribution is 5.94. The number of amides is 3. The average molecular weight is 412 g/mol. The predicted molar refractivity (Wildman–Crippen MR) is 113 cm³/mol. The predicted octanol–water partition coefficient (Wildman–Crippen LogP) is 3.79. The maximum atomic E-state index is 12.6. The van der Waals surface area contributed by atoms with E-state index in [1.165, 1.54) is 12.1 Å². The summed E-state index contributed by atoms with van der Waals surface area (Å²) in [5.41, 5.74) is 1.68. The normalized spacial score (nSPS) is 14.1. The molecule has 9 nitrogen and oxygen atoms in total. The molecule has 0 radical (unpaired) electrons. The van der Waals surface area contributed by atoms with Gasteiger partial charge in [-0.05, 0) is 37.5 Å². The summed E-state index contributed by atoms with van der Waals surface area (Å²) < 4.78 is 5.25. The number of hydrogen-bond acceptors (Lipinski definition) is 5. The molecule has 30 heavy (non-hydrogen) atoms. The second kappa shape index (κ2) is 9.25. The van der Waals surface area contributed by atoms with Crippen molar-refractivity contribution >= 4 is 29.0 Å². The van der Waals surface area contributed by atoms with E-state index in [4.69, 9.17) is 4.74 Å². The summed E-state index contributed by atoms with van der Waals surface area (Å²) in [5.74, 6) is 0.280. The van der Waals surface area contributed by atoms with Crippen LogP contribution in [0.4, 0.5) is 21.9 Å². The van der Waals surface area contributed by atoms with Crippen LogP contribution in [0, 0.1) is 23.0 Å². The number of nitrogens with zero attached hydrogens (tertiary/aromatic N) is 2. The number of nitro benzene ring substituents is 1. The first kappa shape index (κ1) is 21.1. The van der Waals surface area contributed by atoms with Gasteiger partial charge < -0.3 is 20.3 Å². The highest BCUT2D eigenvalue weighted by Gasteiger charge is 2.28. The van der Waals surface area contributed by atoms with Crippen LogP contribution >= 0.6 is 0 Å². The molecule has 2 N–H and O–H groups in total. The Bertz CT molecular complexity index is 954. The number of non-ortho nitro benzene ring substituents is 1. The van der Waals surface area contributed by atoms with E-state index in [1.807, 2.05) is 12.1 Å². The van der Waals surface area contributed by atoms with Crippen molar-refractivity contribution in [2.24, 2.45) is 5.92 Å². The van der Waals surface area contributed by atoms with Crippen molar-refractivity contribution in [3.8, 4) is 5.75 Å². The molecule has 2 aromatic rings. The van der Waals surface area contributed by atoms with Gasteiger partial charge in [0.05, 0.1) is 23.4 Å². The monoisotopic (exact) mass is 412 g/mol. The van der Waals surface area contributed by atoms with Gasteiger partial charge in [-0.3, -0.25) is 14.9 Å². The Balaban J connectivity index is 1.56. The van der Waals surface area contributed by atoms with Crippen molar-refractivity contribution in [1.82, 2.24) is 4.90 Å². The number of aryl methyl sites for hydroxylation is 1. The molecule has 1 aliphatic heterocycles. The van der Waals surface area contributed by atoms with Crippen LogP contribution in [0.1, 0.15) is 18.4 Å². The van der Waals surface area contributed by atoms with Crippen LogP contribution in [0.3, 0.4) is 0 Å². The Morgan fingerprint density at radius 3 is 2.47 bits per heavy atom. The van der Waals surface area contributed by atoms with Crippen LogP contribution < -0.4 is 15.4 Å². The topological polar surface area (TPSA) is 114 Å². The molecule has 158 valence electrons. The van der Waals surface area contributed by atoms with Crippen LogP contribution in [-0.4, -0.2) is 42.0 Å². The van der Waals surface area contributed by atoms with Crippen LogP contribution in [0.2, 0.25) is 0 Å². The zero-order valence-electron chi connectivity index (χ0n) is 16.9. The second-order valence-corrected chi connectivity index (χ2v) is 7.14. The lowest BCUT2D eigenvalue weighted by molar-refractivity contribution is -0.384. The quantitative estimate of drug-likeness (QED) is 0.573. The number of piperidine rings is 1. The third-order valence-corrected chi connectivity index (χ3v) is 5.19. The van der Waals surface area contributed by atoms with E-state index in [2.05, 4.69) is 10.6 Å². The molecular weight excluding hydrogens is 388 g/mol. The molecule has 1 heterocycles. The molecule has 0 saturated carbocycles. The number of carbonyl (C=O) groups is 2. The minimum atomic E-state index is -0.499. The second-order valence-electron chi connectivity index (χ2n) is 7.14. The summed E-state index contributed by atoms with van der Waals surface area (Å²) >= 11 is 0. The molecule has 2 aromatic carbocycles. The molecule has 3 amide bonds. The Labute approximate surface area is 174 Å². The number of anilines is 2. The number of urea groups is 1. The zero-order chi connectivity index (χ0) is 21.7. The van der Waals surface area contributed by atoms with Crippen LogP contribution in [-0.2, 0) is 4.79 Å². The van der Waals surface area contributed by atoms with Gasteiger partial charge in [0.25, 0.3) is 5.69 Å². The summed E-state index contributed by atoms with van der Waals surface area (Å²) in [6.45, 7) is 2.61. The molecule has 9 heteroatoms. The van der Waals surface area contributed by atoms with Crippen molar-refractivity contribution in [1.29, 1.82) is 0 Å². The highest BCUT2D eigenvalue weighted by Crippen LogP contribution is 2.27. The van der Waals surface area contributed by atoms with Gasteiger partial charge in [0.2, 0.25) is 5.91 Å². The van der Waals surface area contributed by atoms with E-state index in [1.54, 1.807) is 37.1 Å². The van der Waals surface area contributed by atoms with Gasteiger partial charge in [0, 0.05) is 31.1 Å². The molecule has 0 aromatic heterocycles. The minimum absolute atomic E-state index is 0.0809. The molecule has 0 aliphatic carbocycles. The van der Waals surface area contributed by atoms with E-state index in [0.29, 0.717) is 43.1 Å². The van der Waals surface area contributed by atoms with Gasteiger partial charge in [-0.15, -0.1) is 0 Å². The van der Waals surface area contributed by atoms with E-state index in [0.717, 1.165) is 5.56 Å². The summed E-state index contributed by atoms with van der Waals surface area (Å²) in [7, 11) is 1.55. The fraction of sp³-hybridized carbons (Fsp3) is 0.333. The van der Waals surface area contributed by atoms with E-state index in [9.17, 15) is 19.7 Å². The van der Waals surface area contributed by atoms with Crippen LogP contribution in [0.5, 0.6) is 5.75 Å². The maximum absolute atomic E-state index is 12.6. The SMILES string of the molecule is COc1ccccc1NC(=O)C1CCN(C(=O)Nc2cc([N+](=O)[O-])ccc2C)CC1. The lowest BCUT2D eigenvalue weighted by Crippen LogP contribution is -2.43. The van der Waals surface area contributed by atoms with Gasteiger partial charge in [-0.25, -0.2) is 4.79 Å². The van der Waals surface area contributed by atoms with Gasteiger partial charge in [0.15, 0.2) is 0 Å². The molecular formula is C21H24N4O5. The third kappa shape index (κ3) is 4.86. The molecule has 0 unspecified atom stereocenters. The van der Waals surface area contributed by atoms with Crippen molar-refractivity contribution in [3.63, 3.8) is 0 Å². The lowest BCUT2D eigenvalue weighted by atomic mass is 9.96. The maximum Gasteiger partial charge on any atom is 0.321 e. The number of nitro groups is 1. The zero-order valence-corrected chi connectivity index (χ0v) is 16.9. The number of para-hydroxylation sites is 2. The molecule has 0 spiro atoms. The summed E-state index contributed by atoms with van der Waals surface area (Å²) in [6, 6.07) is 11.2. The Morgan fingerprint density at radius 1 is 1.10 bits per heavy atom. The largest absolute Gasteiger partial charge is 0.495 e. The molecule has 0 bridgehead atoms. The fourth-order valence-corrected chi connectivity index (χ4v) is 3.38. The first-order chi connectivity index (χ1) is 14.4. The Kier molecular flexibility index (Phi) is 6.51. The van der Waals surface area contributed by atoms with Crippen molar-refractivity contribution in [2.45, 2.75) is 19.8 Å². The van der Waals surface area contributed by atoms with Crippen LogP contribution in [0.25, 0.3) is 0 Å². The third-order valence-electron chi connectivity index (χ3n) is 5.19. The number of ether oxygens (including phenoxy) is 1. The van der Waals surface area contributed by atoms with Gasteiger partial charge in [-0.1, -0.05) is 18.2 Å². The Hall–Kier alpha value is -3.62. The summed E-state index contributed by atoms with van der Waals surface area (Å²) in [4.78, 5) is 37.3. The smallest absolute Gasteiger partial charge is 0.321 e. The number of carbonyl (C=O) groups excluding carboxylic acids is 2. The number of likely N-dealkylation sites (tertiary alicyclic amines) is 1. The number of rotatable bonds is 5.